The maximum Gasteiger partial charge on any atom is 0.230 e. The monoisotopic (exact) mass is 387 g/mol. The van der Waals surface area contributed by atoms with E-state index in [0.717, 1.165) is 16.8 Å². The van der Waals surface area contributed by atoms with Crippen LogP contribution < -0.4 is 5.32 Å². The third-order valence-electron chi connectivity index (χ3n) is 3.77. The Kier molecular flexibility index (Phi) is 5.90. The van der Waals surface area contributed by atoms with Crippen molar-refractivity contribution in [2.45, 2.75) is 25.0 Å². The fraction of sp³-hybridized carbons (Fsp3) is 0.222. The van der Waals surface area contributed by atoms with Gasteiger partial charge in [0.1, 0.15) is 0 Å². The Balaban J connectivity index is 1.62. The zero-order valence-corrected chi connectivity index (χ0v) is 16.0. The molecule has 3 rings (SSSR count). The maximum absolute atomic E-state index is 12.3. The number of nitrogens with one attached hydrogen (secondary N) is 1. The van der Waals surface area contributed by atoms with E-state index in [1.807, 2.05) is 62.4 Å². The van der Waals surface area contributed by atoms with E-state index in [-0.39, 0.29) is 17.7 Å². The van der Waals surface area contributed by atoms with Gasteiger partial charge in [-0.2, -0.15) is 4.68 Å². The van der Waals surface area contributed by atoms with Gasteiger partial charge in [-0.1, -0.05) is 53.7 Å². The van der Waals surface area contributed by atoms with Crippen LogP contribution in [-0.4, -0.2) is 31.9 Å². The molecule has 26 heavy (non-hydrogen) atoms. The van der Waals surface area contributed by atoms with Crippen molar-refractivity contribution in [1.29, 1.82) is 0 Å². The van der Waals surface area contributed by atoms with Crippen LogP contribution >= 0.6 is 23.4 Å². The Morgan fingerprint density at radius 1 is 1.27 bits per heavy atom. The fourth-order valence-corrected chi connectivity index (χ4v) is 3.51. The summed E-state index contributed by atoms with van der Waals surface area (Å²) in [6.07, 6.45) is 0. The minimum atomic E-state index is -0.176. The normalized spacial score (nSPS) is 12.0. The van der Waals surface area contributed by atoms with Crippen LogP contribution in [0.2, 0.25) is 5.02 Å². The minimum absolute atomic E-state index is 0.110. The number of carbonyl (C=O) groups is 1. The smallest absolute Gasteiger partial charge is 0.230 e. The van der Waals surface area contributed by atoms with Gasteiger partial charge in [-0.3, -0.25) is 4.79 Å². The maximum atomic E-state index is 12.3. The molecule has 0 aliphatic carbocycles. The van der Waals surface area contributed by atoms with E-state index in [2.05, 4.69) is 20.8 Å². The Hall–Kier alpha value is -2.38. The highest BCUT2D eigenvalue weighted by Gasteiger charge is 2.15. The summed E-state index contributed by atoms with van der Waals surface area (Å²) in [6.45, 7) is 3.91. The van der Waals surface area contributed by atoms with Crippen molar-refractivity contribution in [3.05, 3.63) is 64.7 Å². The predicted octanol–water partition coefficient (Wildman–Crippen LogP) is 3.59. The van der Waals surface area contributed by atoms with Gasteiger partial charge >= 0.3 is 0 Å². The molecule has 0 fully saturated rings. The molecule has 0 radical (unpaired) electrons. The van der Waals surface area contributed by atoms with Crippen molar-refractivity contribution in [2.75, 3.05) is 5.75 Å². The Morgan fingerprint density at radius 3 is 2.85 bits per heavy atom. The van der Waals surface area contributed by atoms with Gasteiger partial charge in [-0.15, -0.1) is 5.10 Å². The average Bonchev–Trinajstić information content (AvgIpc) is 3.09. The van der Waals surface area contributed by atoms with Crippen molar-refractivity contribution < 1.29 is 4.79 Å². The number of carbonyl (C=O) groups excluding carboxylic acids is 1. The fourth-order valence-electron chi connectivity index (χ4n) is 2.51. The first-order chi connectivity index (χ1) is 12.5. The van der Waals surface area contributed by atoms with Crippen molar-refractivity contribution in [1.82, 2.24) is 25.5 Å². The second-order valence-electron chi connectivity index (χ2n) is 5.81. The summed E-state index contributed by atoms with van der Waals surface area (Å²) >= 11 is 7.46. The molecule has 1 atom stereocenters. The van der Waals surface area contributed by atoms with E-state index >= 15 is 0 Å². The summed E-state index contributed by atoms with van der Waals surface area (Å²) in [5, 5.41) is 15.9. The number of amides is 1. The first-order valence-corrected chi connectivity index (χ1v) is 9.43. The summed E-state index contributed by atoms with van der Waals surface area (Å²) in [7, 11) is 0. The summed E-state index contributed by atoms with van der Waals surface area (Å²) in [5.74, 6) is 0.0993. The largest absolute Gasteiger partial charge is 0.349 e. The summed E-state index contributed by atoms with van der Waals surface area (Å²) in [6, 6.07) is 15.2. The van der Waals surface area contributed by atoms with Crippen LogP contribution in [0.25, 0.3) is 5.69 Å². The quantitative estimate of drug-likeness (QED) is 0.654. The first kappa shape index (κ1) is 18.4. The number of rotatable bonds is 6. The standard InChI is InChI=1S/C18H18ClN5OS/c1-12-6-5-7-14(10-12)24-18(21-22-23-24)26-11-17(25)20-13(2)15-8-3-4-9-16(15)19/h3-10,13H,11H2,1-2H3,(H,20,25). The lowest BCUT2D eigenvalue weighted by Crippen LogP contribution is -2.28. The highest BCUT2D eigenvalue weighted by molar-refractivity contribution is 7.99. The minimum Gasteiger partial charge on any atom is -0.349 e. The second-order valence-corrected chi connectivity index (χ2v) is 7.16. The topological polar surface area (TPSA) is 72.7 Å². The number of aryl methyl sites for hydroxylation is 1. The molecule has 0 aliphatic heterocycles. The number of thioether (sulfide) groups is 1. The zero-order chi connectivity index (χ0) is 18.5. The van der Waals surface area contributed by atoms with E-state index in [0.29, 0.717) is 10.2 Å². The van der Waals surface area contributed by atoms with Crippen LogP contribution in [-0.2, 0) is 4.79 Å². The van der Waals surface area contributed by atoms with Crippen molar-refractivity contribution in [2.24, 2.45) is 0 Å². The molecule has 0 spiro atoms. The van der Waals surface area contributed by atoms with Gasteiger partial charge in [0.15, 0.2) is 0 Å². The Morgan fingerprint density at radius 2 is 2.08 bits per heavy atom. The van der Waals surface area contributed by atoms with Crippen LogP contribution in [0.15, 0.2) is 53.7 Å². The number of tetrazole rings is 1. The molecular formula is C18H18ClN5OS. The zero-order valence-electron chi connectivity index (χ0n) is 14.4. The lowest BCUT2D eigenvalue weighted by atomic mass is 10.1. The first-order valence-electron chi connectivity index (χ1n) is 8.06. The molecule has 1 aromatic heterocycles. The molecule has 1 unspecified atom stereocenters. The van der Waals surface area contributed by atoms with Gasteiger partial charge in [0, 0.05) is 5.02 Å². The van der Waals surface area contributed by atoms with Gasteiger partial charge in [-0.25, -0.2) is 0 Å². The second kappa shape index (κ2) is 8.33. The molecule has 0 saturated carbocycles. The highest BCUT2D eigenvalue weighted by atomic mass is 35.5. The Labute approximate surface area is 160 Å². The third kappa shape index (κ3) is 4.42. The molecule has 0 saturated heterocycles. The number of hydrogen-bond acceptors (Lipinski definition) is 5. The lowest BCUT2D eigenvalue weighted by molar-refractivity contribution is -0.119. The van der Waals surface area contributed by atoms with Crippen molar-refractivity contribution in [3.63, 3.8) is 0 Å². The number of benzene rings is 2. The van der Waals surface area contributed by atoms with Crippen LogP contribution in [0.5, 0.6) is 0 Å². The van der Waals surface area contributed by atoms with E-state index < -0.39 is 0 Å². The van der Waals surface area contributed by atoms with Crippen LogP contribution in [0.3, 0.4) is 0 Å². The van der Waals surface area contributed by atoms with E-state index in [1.54, 1.807) is 4.68 Å². The molecule has 1 heterocycles. The van der Waals surface area contributed by atoms with Crippen LogP contribution in [0.4, 0.5) is 0 Å². The summed E-state index contributed by atoms with van der Waals surface area (Å²) < 4.78 is 1.63. The molecule has 2 aromatic carbocycles. The van der Waals surface area contributed by atoms with Crippen LogP contribution in [0, 0.1) is 6.92 Å². The molecule has 134 valence electrons. The molecule has 3 aromatic rings. The van der Waals surface area contributed by atoms with Crippen LogP contribution in [0.1, 0.15) is 24.1 Å². The third-order valence-corrected chi connectivity index (χ3v) is 5.03. The number of nitrogens with zero attached hydrogens (tertiary/aromatic N) is 4. The highest BCUT2D eigenvalue weighted by Crippen LogP contribution is 2.23. The molecule has 6 nitrogen and oxygen atoms in total. The number of aromatic nitrogens is 4. The van der Waals surface area contributed by atoms with Gasteiger partial charge in [0.05, 0.1) is 17.5 Å². The van der Waals surface area contributed by atoms with E-state index in [4.69, 9.17) is 11.6 Å². The Bertz CT molecular complexity index is 914. The SMILES string of the molecule is Cc1cccc(-n2nnnc2SCC(=O)NC(C)c2ccccc2Cl)c1. The predicted molar refractivity (Wildman–Crippen MR) is 103 cm³/mol. The van der Waals surface area contributed by atoms with Gasteiger partial charge in [-0.05, 0) is 53.6 Å². The lowest BCUT2D eigenvalue weighted by Gasteiger charge is -2.15. The molecular weight excluding hydrogens is 370 g/mol. The average molecular weight is 388 g/mol. The molecule has 8 heteroatoms. The summed E-state index contributed by atoms with van der Waals surface area (Å²) in [4.78, 5) is 12.3. The molecule has 1 amide bonds. The number of halogens is 1. The molecule has 0 bridgehead atoms. The molecule has 1 N–H and O–H groups in total. The van der Waals surface area contributed by atoms with Gasteiger partial charge in [0.25, 0.3) is 0 Å². The van der Waals surface area contributed by atoms with E-state index in [1.165, 1.54) is 11.8 Å². The van der Waals surface area contributed by atoms with E-state index in [9.17, 15) is 4.79 Å². The summed E-state index contributed by atoms with van der Waals surface area (Å²) in [5.41, 5.74) is 2.86. The van der Waals surface area contributed by atoms with Crippen molar-refractivity contribution >= 4 is 29.3 Å². The molecule has 0 aliphatic rings. The van der Waals surface area contributed by atoms with Gasteiger partial charge < -0.3 is 5.32 Å². The van der Waals surface area contributed by atoms with Crippen molar-refractivity contribution in [3.8, 4) is 5.69 Å². The van der Waals surface area contributed by atoms with Gasteiger partial charge in [0.2, 0.25) is 11.1 Å². The number of hydrogen-bond donors (Lipinski definition) is 1.